The van der Waals surface area contributed by atoms with E-state index >= 15 is 0 Å². The molecule has 1 aromatic heterocycles. The van der Waals surface area contributed by atoms with Crippen molar-refractivity contribution in [2.75, 3.05) is 11.5 Å². The minimum Gasteiger partial charge on any atom is -0.451 e. The van der Waals surface area contributed by atoms with Crippen LogP contribution >= 0.6 is 0 Å². The third-order valence-electron chi connectivity index (χ3n) is 4.09. The molecular formula is C17H17FN2O5S. The Morgan fingerprint density at radius 1 is 1.15 bits per heavy atom. The molecule has 3 rings (SSSR count). The highest BCUT2D eigenvalue weighted by Gasteiger charge is 2.29. The largest absolute Gasteiger partial charge is 0.451 e. The van der Waals surface area contributed by atoms with Gasteiger partial charge in [0.1, 0.15) is 11.6 Å². The molecule has 1 fully saturated rings. The number of hydrogen-bond donors (Lipinski definition) is 2. The first kappa shape index (κ1) is 18.1. The van der Waals surface area contributed by atoms with Crippen molar-refractivity contribution >= 4 is 21.7 Å². The summed E-state index contributed by atoms with van der Waals surface area (Å²) < 4.78 is 41.8. The molecule has 1 aliphatic heterocycles. The van der Waals surface area contributed by atoms with Gasteiger partial charge >= 0.3 is 5.91 Å². The fourth-order valence-electron chi connectivity index (χ4n) is 2.80. The van der Waals surface area contributed by atoms with Gasteiger partial charge in [-0.25, -0.2) is 12.8 Å². The van der Waals surface area contributed by atoms with Crippen molar-refractivity contribution in [2.45, 2.75) is 12.8 Å². The van der Waals surface area contributed by atoms with E-state index in [9.17, 15) is 22.4 Å². The minimum absolute atomic E-state index is 0.0120. The molecule has 2 heterocycles. The van der Waals surface area contributed by atoms with Crippen molar-refractivity contribution < 1.29 is 26.8 Å². The van der Waals surface area contributed by atoms with Gasteiger partial charge in [0.05, 0.1) is 17.1 Å². The maximum Gasteiger partial charge on any atom is 0.305 e. The van der Waals surface area contributed by atoms with Crippen LogP contribution in [0.25, 0.3) is 11.3 Å². The minimum atomic E-state index is -3.06. The van der Waals surface area contributed by atoms with Gasteiger partial charge in [-0.2, -0.15) is 0 Å². The Morgan fingerprint density at radius 2 is 1.92 bits per heavy atom. The van der Waals surface area contributed by atoms with Gasteiger partial charge in [0.15, 0.2) is 15.6 Å². The number of halogens is 1. The van der Waals surface area contributed by atoms with Crippen LogP contribution in [-0.4, -0.2) is 31.7 Å². The van der Waals surface area contributed by atoms with Gasteiger partial charge in [-0.1, -0.05) is 12.1 Å². The normalized spacial score (nSPS) is 18.4. The Kier molecular flexibility index (Phi) is 5.08. The predicted molar refractivity (Wildman–Crippen MR) is 91.1 cm³/mol. The zero-order chi connectivity index (χ0) is 18.7. The van der Waals surface area contributed by atoms with Crippen molar-refractivity contribution in [2.24, 2.45) is 5.92 Å². The van der Waals surface area contributed by atoms with E-state index in [1.807, 2.05) is 0 Å². The number of carbonyl (C=O) groups is 2. The first-order valence-electron chi connectivity index (χ1n) is 7.98. The summed E-state index contributed by atoms with van der Waals surface area (Å²) in [6.07, 6.45) is 0.450. The Bertz CT molecular complexity index is 938. The van der Waals surface area contributed by atoms with Gasteiger partial charge in [0.2, 0.25) is 5.91 Å². The lowest BCUT2D eigenvalue weighted by atomic mass is 10.1. The Balaban J connectivity index is 1.54. The molecule has 1 aliphatic rings. The molecule has 2 N–H and O–H groups in total. The third-order valence-corrected chi connectivity index (χ3v) is 5.92. The number of hydrazine groups is 1. The number of amides is 2. The molecule has 0 aliphatic carbocycles. The van der Waals surface area contributed by atoms with E-state index in [2.05, 4.69) is 10.9 Å². The van der Waals surface area contributed by atoms with Crippen molar-refractivity contribution in [1.29, 1.82) is 0 Å². The number of hydrogen-bond acceptors (Lipinski definition) is 5. The summed E-state index contributed by atoms with van der Waals surface area (Å²) in [7, 11) is -3.06. The maximum atomic E-state index is 13.7. The summed E-state index contributed by atoms with van der Waals surface area (Å²) in [6, 6.07) is 8.81. The van der Waals surface area contributed by atoms with Crippen LogP contribution in [0.3, 0.4) is 0 Å². The van der Waals surface area contributed by atoms with E-state index in [4.69, 9.17) is 4.42 Å². The Hall–Kier alpha value is -2.68. The second-order valence-electron chi connectivity index (χ2n) is 6.12. The molecule has 1 aromatic carbocycles. The smallest absolute Gasteiger partial charge is 0.305 e. The monoisotopic (exact) mass is 380 g/mol. The topological polar surface area (TPSA) is 105 Å². The molecule has 2 amide bonds. The number of sulfone groups is 1. The van der Waals surface area contributed by atoms with Crippen molar-refractivity contribution in [1.82, 2.24) is 10.9 Å². The molecule has 138 valence electrons. The standard InChI is InChI=1S/C17H17FN2O5S/c18-13-4-2-1-3-12(13)14-5-6-15(25-14)17(22)20-19-16(21)9-11-7-8-26(23,24)10-11/h1-6,11H,7-10H2,(H,19,21)(H,20,22)/t11-/m1/s1. The van der Waals surface area contributed by atoms with Gasteiger partial charge in [0, 0.05) is 6.42 Å². The fraction of sp³-hybridized carbons (Fsp3) is 0.294. The number of furan rings is 1. The lowest BCUT2D eigenvalue weighted by molar-refractivity contribution is -0.122. The lowest BCUT2D eigenvalue weighted by Gasteiger charge is -2.09. The molecule has 9 heteroatoms. The molecule has 0 saturated carbocycles. The van der Waals surface area contributed by atoms with Crippen LogP contribution in [0.4, 0.5) is 4.39 Å². The number of rotatable bonds is 4. The van der Waals surface area contributed by atoms with E-state index < -0.39 is 27.5 Å². The molecular weight excluding hydrogens is 363 g/mol. The van der Waals surface area contributed by atoms with Crippen molar-refractivity contribution in [3.8, 4) is 11.3 Å². The van der Waals surface area contributed by atoms with E-state index in [0.717, 1.165) is 0 Å². The van der Waals surface area contributed by atoms with Gasteiger partial charge in [-0.3, -0.25) is 20.4 Å². The summed E-state index contributed by atoms with van der Waals surface area (Å²) in [5, 5.41) is 0. The van der Waals surface area contributed by atoms with E-state index in [1.165, 1.54) is 24.3 Å². The molecule has 2 aromatic rings. The zero-order valence-electron chi connectivity index (χ0n) is 13.7. The number of benzene rings is 1. The molecule has 0 unspecified atom stereocenters. The van der Waals surface area contributed by atoms with Crippen LogP contribution in [-0.2, 0) is 14.6 Å². The average Bonchev–Trinajstić information content (AvgIpc) is 3.20. The average molecular weight is 380 g/mol. The molecule has 1 saturated heterocycles. The van der Waals surface area contributed by atoms with E-state index in [0.29, 0.717) is 6.42 Å². The van der Waals surface area contributed by atoms with Crippen molar-refractivity contribution in [3.63, 3.8) is 0 Å². The SMILES string of the molecule is O=C(C[C@H]1CCS(=O)(=O)C1)NNC(=O)c1ccc(-c2ccccc2F)o1. The summed E-state index contributed by atoms with van der Waals surface area (Å²) in [5.74, 6) is -1.73. The van der Waals surface area contributed by atoms with Crippen LogP contribution in [0.2, 0.25) is 0 Å². The predicted octanol–water partition coefficient (Wildman–Crippen LogP) is 1.67. The molecule has 7 nitrogen and oxygen atoms in total. The summed E-state index contributed by atoms with van der Waals surface area (Å²) in [5.41, 5.74) is 4.65. The van der Waals surface area contributed by atoms with Gasteiger partial charge in [-0.05, 0) is 36.6 Å². The first-order chi connectivity index (χ1) is 12.3. The highest BCUT2D eigenvalue weighted by molar-refractivity contribution is 7.91. The molecule has 26 heavy (non-hydrogen) atoms. The highest BCUT2D eigenvalue weighted by Crippen LogP contribution is 2.24. The van der Waals surface area contributed by atoms with E-state index in [1.54, 1.807) is 12.1 Å². The third kappa shape index (κ3) is 4.29. The maximum absolute atomic E-state index is 13.7. The quantitative estimate of drug-likeness (QED) is 0.785. The first-order valence-corrected chi connectivity index (χ1v) is 9.80. The zero-order valence-corrected chi connectivity index (χ0v) is 14.5. The van der Waals surface area contributed by atoms with E-state index in [-0.39, 0.29) is 40.9 Å². The van der Waals surface area contributed by atoms with Gasteiger partial charge in [0.25, 0.3) is 0 Å². The highest BCUT2D eigenvalue weighted by atomic mass is 32.2. The molecule has 0 spiro atoms. The van der Waals surface area contributed by atoms with Gasteiger partial charge < -0.3 is 4.42 Å². The second-order valence-corrected chi connectivity index (χ2v) is 8.35. The Labute approximate surface area is 149 Å². The Morgan fingerprint density at radius 3 is 2.62 bits per heavy atom. The second kappa shape index (κ2) is 7.28. The van der Waals surface area contributed by atoms with Crippen LogP contribution in [0.1, 0.15) is 23.4 Å². The fourth-order valence-corrected chi connectivity index (χ4v) is 4.66. The molecule has 0 bridgehead atoms. The van der Waals surface area contributed by atoms with Crippen molar-refractivity contribution in [3.05, 3.63) is 48.0 Å². The van der Waals surface area contributed by atoms with Crippen LogP contribution in [0, 0.1) is 11.7 Å². The van der Waals surface area contributed by atoms with Crippen LogP contribution in [0.15, 0.2) is 40.8 Å². The molecule has 0 radical (unpaired) electrons. The van der Waals surface area contributed by atoms with Crippen LogP contribution < -0.4 is 10.9 Å². The van der Waals surface area contributed by atoms with Crippen LogP contribution in [0.5, 0.6) is 0 Å². The summed E-state index contributed by atoms with van der Waals surface area (Å²) in [6.45, 7) is 0. The molecule has 1 atom stereocenters. The number of carbonyl (C=O) groups excluding carboxylic acids is 2. The number of nitrogens with one attached hydrogen (secondary N) is 2. The lowest BCUT2D eigenvalue weighted by Crippen LogP contribution is -2.42. The summed E-state index contributed by atoms with van der Waals surface area (Å²) in [4.78, 5) is 23.8. The van der Waals surface area contributed by atoms with Gasteiger partial charge in [-0.15, -0.1) is 0 Å². The summed E-state index contributed by atoms with van der Waals surface area (Å²) >= 11 is 0.